The molecule has 1 unspecified atom stereocenters. The van der Waals surface area contributed by atoms with Gasteiger partial charge in [0.1, 0.15) is 5.76 Å². The average molecular weight is 440 g/mol. The number of rotatable bonds is 5. The lowest BCUT2D eigenvalue weighted by Gasteiger charge is -2.26. The van der Waals surface area contributed by atoms with Crippen LogP contribution < -0.4 is 10.3 Å². The molecule has 0 saturated carbocycles. The van der Waals surface area contributed by atoms with Gasteiger partial charge in [-0.15, -0.1) is 0 Å². The molecule has 0 aliphatic carbocycles. The number of fused-ring (bicyclic) bond motifs is 1. The maximum atomic E-state index is 13.9. The Morgan fingerprint density at radius 2 is 1.70 bits per heavy atom. The first-order chi connectivity index (χ1) is 16.1. The topological polar surface area (TPSA) is 59.8 Å². The van der Waals surface area contributed by atoms with E-state index < -0.39 is 0 Å². The van der Waals surface area contributed by atoms with Crippen LogP contribution in [0.2, 0.25) is 0 Å². The molecule has 1 aromatic heterocycles. The van der Waals surface area contributed by atoms with Gasteiger partial charge in [0, 0.05) is 35.9 Å². The molecule has 5 heteroatoms. The lowest BCUT2D eigenvalue weighted by Crippen LogP contribution is -2.36. The maximum absolute atomic E-state index is 13.9. The molecule has 166 valence electrons. The zero-order chi connectivity index (χ0) is 22.8. The highest BCUT2D eigenvalue weighted by molar-refractivity contribution is 6.12. The van der Waals surface area contributed by atoms with Crippen molar-refractivity contribution in [3.8, 4) is 11.3 Å². The Kier molecular flexibility index (Phi) is 5.80. The number of amides is 1. The van der Waals surface area contributed by atoms with Crippen molar-refractivity contribution in [3.63, 3.8) is 0 Å². The van der Waals surface area contributed by atoms with Gasteiger partial charge >= 0.3 is 0 Å². The molecule has 1 aliphatic rings. The van der Waals surface area contributed by atoms with Gasteiger partial charge in [0.25, 0.3) is 5.91 Å². The lowest BCUT2D eigenvalue weighted by molar-refractivity contribution is 0.0982. The number of para-hydroxylation sites is 2. The Morgan fingerprint density at radius 3 is 2.39 bits per heavy atom. The van der Waals surface area contributed by atoms with Crippen LogP contribution in [0.5, 0.6) is 0 Å². The quantitative estimate of drug-likeness (QED) is 0.415. The Labute approximate surface area is 192 Å². The second kappa shape index (κ2) is 9.04. The fourth-order valence-electron chi connectivity index (χ4n) is 4.39. The monoisotopic (exact) mass is 439 g/mol. The van der Waals surface area contributed by atoms with Crippen molar-refractivity contribution >= 4 is 22.6 Å². The summed E-state index contributed by atoms with van der Waals surface area (Å²) in [7, 11) is 0. The van der Waals surface area contributed by atoms with Gasteiger partial charge in [0.15, 0.2) is 11.0 Å². The minimum Gasteiger partial charge on any atom is -0.455 e. The molecule has 5 nitrogen and oxygen atoms in total. The first-order valence-corrected chi connectivity index (χ1v) is 11.2. The van der Waals surface area contributed by atoms with E-state index in [1.807, 2.05) is 60.7 Å². The molecular formula is C28H25NO4. The van der Waals surface area contributed by atoms with E-state index in [4.69, 9.17) is 9.15 Å². The molecule has 1 aliphatic heterocycles. The number of benzene rings is 3. The number of hydrogen-bond acceptors (Lipinski definition) is 4. The van der Waals surface area contributed by atoms with Crippen molar-refractivity contribution in [2.45, 2.75) is 13.3 Å². The Bertz CT molecular complexity index is 1340. The van der Waals surface area contributed by atoms with Crippen LogP contribution in [0, 0.1) is 12.8 Å². The molecule has 4 aromatic rings. The Balaban J connectivity index is 1.65. The maximum Gasteiger partial charge on any atom is 0.262 e. The van der Waals surface area contributed by atoms with Gasteiger partial charge in [0.05, 0.1) is 17.6 Å². The predicted molar refractivity (Wildman–Crippen MR) is 130 cm³/mol. The van der Waals surface area contributed by atoms with E-state index in [-0.39, 0.29) is 17.3 Å². The molecule has 1 saturated heterocycles. The third-order valence-corrected chi connectivity index (χ3v) is 6.19. The van der Waals surface area contributed by atoms with E-state index in [1.54, 1.807) is 30.0 Å². The van der Waals surface area contributed by atoms with Crippen LogP contribution in [0.1, 0.15) is 22.3 Å². The number of carbonyl (C=O) groups is 1. The van der Waals surface area contributed by atoms with Crippen LogP contribution in [0.3, 0.4) is 0 Å². The molecular weight excluding hydrogens is 414 g/mol. The van der Waals surface area contributed by atoms with Crippen molar-refractivity contribution in [1.29, 1.82) is 0 Å². The van der Waals surface area contributed by atoms with Crippen LogP contribution >= 0.6 is 0 Å². The summed E-state index contributed by atoms with van der Waals surface area (Å²) in [6.07, 6.45) is 0.915. The second-order valence-corrected chi connectivity index (χ2v) is 8.41. The van der Waals surface area contributed by atoms with Gasteiger partial charge in [-0.05, 0) is 37.6 Å². The summed E-state index contributed by atoms with van der Waals surface area (Å²) < 4.78 is 11.8. The summed E-state index contributed by atoms with van der Waals surface area (Å²) in [6, 6.07) is 24.3. The van der Waals surface area contributed by atoms with Crippen molar-refractivity contribution in [1.82, 2.24) is 0 Å². The number of hydrogen-bond donors (Lipinski definition) is 0. The average Bonchev–Trinajstić information content (AvgIpc) is 3.38. The summed E-state index contributed by atoms with van der Waals surface area (Å²) in [5.74, 6) is 0.562. The molecule has 0 spiro atoms. The van der Waals surface area contributed by atoms with Gasteiger partial charge < -0.3 is 14.1 Å². The van der Waals surface area contributed by atoms with Crippen molar-refractivity contribution in [2.75, 3.05) is 24.7 Å². The van der Waals surface area contributed by atoms with E-state index in [9.17, 15) is 9.59 Å². The smallest absolute Gasteiger partial charge is 0.262 e. The zero-order valence-electron chi connectivity index (χ0n) is 18.5. The van der Waals surface area contributed by atoms with E-state index >= 15 is 0 Å². The van der Waals surface area contributed by atoms with E-state index in [2.05, 4.69) is 0 Å². The van der Waals surface area contributed by atoms with Crippen LogP contribution in [0.25, 0.3) is 22.3 Å². The highest BCUT2D eigenvalue weighted by Crippen LogP contribution is 2.29. The molecule has 0 N–H and O–H groups in total. The molecule has 0 radical (unpaired) electrons. The van der Waals surface area contributed by atoms with Crippen molar-refractivity contribution in [3.05, 3.63) is 100 Å². The van der Waals surface area contributed by atoms with Gasteiger partial charge in [-0.2, -0.15) is 0 Å². The van der Waals surface area contributed by atoms with Crippen LogP contribution in [-0.2, 0) is 4.74 Å². The second-order valence-electron chi connectivity index (χ2n) is 8.41. The van der Waals surface area contributed by atoms with Gasteiger partial charge in [-0.25, -0.2) is 0 Å². The molecule has 1 atom stereocenters. The summed E-state index contributed by atoms with van der Waals surface area (Å²) in [5.41, 5.74) is 2.72. The minimum atomic E-state index is -0.190. The third kappa shape index (κ3) is 4.08. The fourth-order valence-corrected chi connectivity index (χ4v) is 4.39. The number of ether oxygens (including phenoxy) is 1. The van der Waals surface area contributed by atoms with E-state index in [0.717, 1.165) is 17.7 Å². The Morgan fingerprint density at radius 1 is 0.970 bits per heavy atom. The molecule has 1 amide bonds. The first-order valence-electron chi connectivity index (χ1n) is 11.2. The lowest BCUT2D eigenvalue weighted by atomic mass is 10.0. The highest BCUT2D eigenvalue weighted by atomic mass is 16.5. The van der Waals surface area contributed by atoms with Crippen LogP contribution in [-0.4, -0.2) is 25.7 Å². The summed E-state index contributed by atoms with van der Waals surface area (Å²) in [4.78, 5) is 28.9. The SMILES string of the molecule is Cc1c(-c2ccccc2)oc2c(C(=O)N(CC3CCOC3)c3ccccc3)cccc2c1=O. The first kappa shape index (κ1) is 21.2. The summed E-state index contributed by atoms with van der Waals surface area (Å²) in [6.45, 7) is 3.66. The van der Waals surface area contributed by atoms with E-state index in [1.165, 1.54) is 0 Å². The molecule has 1 fully saturated rings. The summed E-state index contributed by atoms with van der Waals surface area (Å²) >= 11 is 0. The van der Waals surface area contributed by atoms with Crippen molar-refractivity contribution in [2.24, 2.45) is 5.92 Å². The fraction of sp³-hybridized carbons (Fsp3) is 0.214. The third-order valence-electron chi connectivity index (χ3n) is 6.19. The largest absolute Gasteiger partial charge is 0.455 e. The molecule has 5 rings (SSSR count). The highest BCUT2D eigenvalue weighted by Gasteiger charge is 2.27. The van der Waals surface area contributed by atoms with Gasteiger partial charge in [-0.1, -0.05) is 54.6 Å². The number of carbonyl (C=O) groups excluding carboxylic acids is 1. The van der Waals surface area contributed by atoms with Crippen molar-refractivity contribution < 1.29 is 13.9 Å². The van der Waals surface area contributed by atoms with Gasteiger partial charge in [-0.3, -0.25) is 9.59 Å². The normalized spacial score (nSPS) is 15.6. The standard InChI is InChI=1S/C28H25NO4/c1-19-25(30)23-13-8-14-24(27(23)33-26(19)21-9-4-2-5-10-21)28(31)29(17-20-15-16-32-18-20)22-11-6-3-7-12-22/h2-14,20H,15-18H2,1H3. The molecule has 0 bridgehead atoms. The number of anilines is 1. The number of nitrogens with zero attached hydrogens (tertiary/aromatic N) is 1. The van der Waals surface area contributed by atoms with Crippen LogP contribution in [0.15, 0.2) is 88.1 Å². The van der Waals surface area contributed by atoms with E-state index in [0.29, 0.717) is 47.6 Å². The molecule has 3 aromatic carbocycles. The van der Waals surface area contributed by atoms with Gasteiger partial charge in [0.2, 0.25) is 0 Å². The van der Waals surface area contributed by atoms with Crippen LogP contribution in [0.4, 0.5) is 5.69 Å². The predicted octanol–water partition coefficient (Wildman–Crippen LogP) is 5.45. The summed E-state index contributed by atoms with van der Waals surface area (Å²) in [5, 5.41) is 0.412. The molecule has 2 heterocycles. The Hall–Kier alpha value is -3.70. The molecule has 33 heavy (non-hydrogen) atoms. The minimum absolute atomic E-state index is 0.125. The zero-order valence-corrected chi connectivity index (χ0v) is 18.5.